The molecule has 0 radical (unpaired) electrons. The molecule has 0 amide bonds. The van der Waals surface area contributed by atoms with Gasteiger partial charge in [-0.25, -0.2) is 17.2 Å². The van der Waals surface area contributed by atoms with Crippen molar-refractivity contribution < 1.29 is 22.0 Å². The van der Waals surface area contributed by atoms with Gasteiger partial charge in [0.2, 0.25) is 0 Å². The minimum Gasteiger partial charge on any atom is -0.297 e. The minimum atomic E-state index is -3.59. The van der Waals surface area contributed by atoms with Gasteiger partial charge in [-0.1, -0.05) is 0 Å². The average Bonchev–Trinajstić information content (AvgIpc) is 2.13. The summed E-state index contributed by atoms with van der Waals surface area (Å²) in [7, 11) is -3.59. The van der Waals surface area contributed by atoms with E-state index >= 15 is 0 Å². The number of carbonyl (C=O) groups is 1. The standard InChI is InChI=1S/C11H9F2NO3S/c1-18(16,17)6-11(15)10(5-14)7-2-8(12)4-9(13)3-7/h2-4,10H,6H2,1H3. The second-order valence-electron chi connectivity index (χ2n) is 3.80. The fourth-order valence-corrected chi connectivity index (χ4v) is 2.10. The van der Waals surface area contributed by atoms with E-state index in [4.69, 9.17) is 5.26 Å². The van der Waals surface area contributed by atoms with Crippen LogP contribution in [0.3, 0.4) is 0 Å². The van der Waals surface area contributed by atoms with E-state index in [1.165, 1.54) is 0 Å². The zero-order chi connectivity index (χ0) is 13.9. The van der Waals surface area contributed by atoms with Gasteiger partial charge in [-0.15, -0.1) is 0 Å². The largest absolute Gasteiger partial charge is 0.297 e. The average molecular weight is 273 g/mol. The molecule has 0 aromatic heterocycles. The lowest BCUT2D eigenvalue weighted by Crippen LogP contribution is -2.21. The lowest BCUT2D eigenvalue weighted by Gasteiger charge is -2.08. The normalized spacial score (nSPS) is 12.8. The molecule has 0 aliphatic rings. The zero-order valence-corrected chi connectivity index (χ0v) is 10.2. The molecule has 1 rings (SSSR count). The topological polar surface area (TPSA) is 75.0 Å². The molecule has 1 aromatic rings. The summed E-state index contributed by atoms with van der Waals surface area (Å²) in [5.74, 6) is -5.12. The number of nitriles is 1. The Morgan fingerprint density at radius 1 is 1.33 bits per heavy atom. The van der Waals surface area contributed by atoms with Crippen molar-refractivity contribution in [3.63, 3.8) is 0 Å². The summed E-state index contributed by atoms with van der Waals surface area (Å²) in [6, 6.07) is 3.81. The molecule has 7 heteroatoms. The lowest BCUT2D eigenvalue weighted by molar-refractivity contribution is -0.116. The maximum atomic E-state index is 12.9. The number of ketones is 1. The van der Waals surface area contributed by atoms with E-state index in [1.807, 2.05) is 0 Å². The molecule has 96 valence electrons. The first kappa shape index (κ1) is 14.3. The SMILES string of the molecule is CS(=O)(=O)CC(=O)C(C#N)c1cc(F)cc(F)c1. The highest BCUT2D eigenvalue weighted by Crippen LogP contribution is 2.19. The third-order valence-electron chi connectivity index (χ3n) is 2.07. The summed E-state index contributed by atoms with van der Waals surface area (Å²) in [4.78, 5) is 11.6. The van der Waals surface area contributed by atoms with Crippen LogP contribution in [0.5, 0.6) is 0 Å². The van der Waals surface area contributed by atoms with Gasteiger partial charge in [0.1, 0.15) is 23.3 Å². The number of carbonyl (C=O) groups excluding carboxylic acids is 1. The number of nitrogens with zero attached hydrogens (tertiary/aromatic N) is 1. The summed E-state index contributed by atoms with van der Waals surface area (Å²) < 4.78 is 47.8. The van der Waals surface area contributed by atoms with E-state index in [0.717, 1.165) is 18.4 Å². The van der Waals surface area contributed by atoms with Gasteiger partial charge in [0, 0.05) is 12.3 Å². The fourth-order valence-electron chi connectivity index (χ4n) is 1.42. The molecule has 0 heterocycles. The number of Topliss-reactive ketones (excluding diaryl/α,β-unsaturated/α-hetero) is 1. The number of rotatable bonds is 4. The van der Waals surface area contributed by atoms with Crippen molar-refractivity contribution in [2.75, 3.05) is 12.0 Å². The molecule has 0 saturated carbocycles. The van der Waals surface area contributed by atoms with Crippen molar-refractivity contribution in [2.24, 2.45) is 0 Å². The number of benzene rings is 1. The Hall–Kier alpha value is -1.81. The molecule has 0 saturated heterocycles. The van der Waals surface area contributed by atoms with Crippen LogP contribution in [0.25, 0.3) is 0 Å². The maximum Gasteiger partial charge on any atom is 0.169 e. The van der Waals surface area contributed by atoms with Gasteiger partial charge < -0.3 is 0 Å². The van der Waals surface area contributed by atoms with Crippen molar-refractivity contribution in [2.45, 2.75) is 5.92 Å². The minimum absolute atomic E-state index is 0.191. The Labute approximate surface area is 103 Å². The molecule has 18 heavy (non-hydrogen) atoms. The monoisotopic (exact) mass is 273 g/mol. The molecule has 0 spiro atoms. The van der Waals surface area contributed by atoms with Crippen LogP contribution in [-0.4, -0.2) is 26.2 Å². The number of hydrogen-bond donors (Lipinski definition) is 0. The van der Waals surface area contributed by atoms with Crippen molar-refractivity contribution in [3.8, 4) is 6.07 Å². The second-order valence-corrected chi connectivity index (χ2v) is 5.94. The summed E-state index contributed by atoms with van der Waals surface area (Å²) in [5.41, 5.74) is -0.191. The smallest absolute Gasteiger partial charge is 0.169 e. The van der Waals surface area contributed by atoms with E-state index in [2.05, 4.69) is 0 Å². The van der Waals surface area contributed by atoms with Gasteiger partial charge in [-0.05, 0) is 17.7 Å². The molecule has 1 aromatic carbocycles. The Balaban J connectivity index is 3.11. The molecule has 1 unspecified atom stereocenters. The third kappa shape index (κ3) is 3.89. The Bertz CT molecular complexity index is 599. The van der Waals surface area contributed by atoms with Gasteiger partial charge in [0.25, 0.3) is 0 Å². The van der Waals surface area contributed by atoms with Crippen LogP contribution in [0.15, 0.2) is 18.2 Å². The summed E-state index contributed by atoms with van der Waals surface area (Å²) in [6.45, 7) is 0. The van der Waals surface area contributed by atoms with Crippen molar-refractivity contribution in [1.29, 1.82) is 5.26 Å². The van der Waals surface area contributed by atoms with Gasteiger partial charge in [-0.3, -0.25) is 4.79 Å². The van der Waals surface area contributed by atoms with Crippen molar-refractivity contribution in [3.05, 3.63) is 35.4 Å². The second kappa shape index (κ2) is 5.23. The third-order valence-corrected chi connectivity index (χ3v) is 2.88. The van der Waals surface area contributed by atoms with E-state index in [-0.39, 0.29) is 5.56 Å². The molecular formula is C11H9F2NO3S. The number of sulfone groups is 1. The maximum absolute atomic E-state index is 12.9. The van der Waals surface area contributed by atoms with Gasteiger partial charge >= 0.3 is 0 Å². The van der Waals surface area contributed by atoms with E-state index in [9.17, 15) is 22.0 Å². The first-order valence-electron chi connectivity index (χ1n) is 4.79. The Morgan fingerprint density at radius 2 is 1.83 bits per heavy atom. The highest BCUT2D eigenvalue weighted by Gasteiger charge is 2.24. The van der Waals surface area contributed by atoms with E-state index < -0.39 is 38.9 Å². The number of hydrogen-bond acceptors (Lipinski definition) is 4. The molecule has 0 N–H and O–H groups in total. The lowest BCUT2D eigenvalue weighted by atomic mass is 9.97. The van der Waals surface area contributed by atoms with Crippen LogP contribution in [0, 0.1) is 23.0 Å². The molecule has 4 nitrogen and oxygen atoms in total. The first-order valence-corrected chi connectivity index (χ1v) is 6.85. The molecular weight excluding hydrogens is 264 g/mol. The van der Waals surface area contributed by atoms with Crippen LogP contribution < -0.4 is 0 Å². The number of halogens is 2. The summed E-state index contributed by atoms with van der Waals surface area (Å²) in [5, 5.41) is 8.82. The summed E-state index contributed by atoms with van der Waals surface area (Å²) in [6.07, 6.45) is 0.839. The molecule has 0 aliphatic carbocycles. The fraction of sp³-hybridized carbons (Fsp3) is 0.273. The first-order chi connectivity index (χ1) is 8.23. The molecule has 1 atom stereocenters. The van der Waals surface area contributed by atoms with E-state index in [0.29, 0.717) is 6.07 Å². The highest BCUT2D eigenvalue weighted by atomic mass is 32.2. The van der Waals surface area contributed by atoms with Crippen LogP contribution >= 0.6 is 0 Å². The van der Waals surface area contributed by atoms with Gasteiger partial charge in [-0.2, -0.15) is 5.26 Å². The van der Waals surface area contributed by atoms with Crippen molar-refractivity contribution >= 4 is 15.6 Å². The predicted octanol–water partition coefficient (Wildman–Crippen LogP) is 1.19. The Morgan fingerprint density at radius 3 is 2.22 bits per heavy atom. The van der Waals surface area contributed by atoms with Crippen molar-refractivity contribution in [1.82, 2.24) is 0 Å². The highest BCUT2D eigenvalue weighted by molar-refractivity contribution is 7.91. The van der Waals surface area contributed by atoms with Gasteiger partial charge in [0.15, 0.2) is 15.6 Å². The van der Waals surface area contributed by atoms with Gasteiger partial charge in [0.05, 0.1) is 6.07 Å². The molecule has 0 aliphatic heterocycles. The Kier molecular flexibility index (Phi) is 4.14. The van der Waals surface area contributed by atoms with Crippen LogP contribution in [0.4, 0.5) is 8.78 Å². The van der Waals surface area contributed by atoms with Crippen LogP contribution in [0.1, 0.15) is 11.5 Å². The summed E-state index contributed by atoms with van der Waals surface area (Å²) >= 11 is 0. The quantitative estimate of drug-likeness (QED) is 0.825. The van der Waals surface area contributed by atoms with Crippen LogP contribution in [-0.2, 0) is 14.6 Å². The zero-order valence-electron chi connectivity index (χ0n) is 9.35. The molecule has 0 fully saturated rings. The molecule has 0 bridgehead atoms. The van der Waals surface area contributed by atoms with E-state index in [1.54, 1.807) is 6.07 Å². The van der Waals surface area contributed by atoms with Crippen LogP contribution in [0.2, 0.25) is 0 Å². The predicted molar refractivity (Wildman–Crippen MR) is 59.4 cm³/mol.